The van der Waals surface area contributed by atoms with Gasteiger partial charge < -0.3 is 10.9 Å². The van der Waals surface area contributed by atoms with E-state index in [0.29, 0.717) is 10.6 Å². The molecule has 2 aromatic rings. The van der Waals surface area contributed by atoms with Crippen LogP contribution < -0.4 is 5.73 Å². The average molecular weight is 277 g/mol. The molecule has 0 unspecified atom stereocenters. The van der Waals surface area contributed by atoms with Gasteiger partial charge in [0.1, 0.15) is 5.03 Å². The maximum atomic E-state index is 8.89. The van der Waals surface area contributed by atoms with E-state index in [9.17, 15) is 0 Å². The quantitative estimate of drug-likeness (QED) is 0.385. The zero-order valence-electron chi connectivity index (χ0n) is 11.0. The largest absolute Gasteiger partial charge is 0.409 e. The van der Waals surface area contributed by atoms with Crippen molar-refractivity contribution < 1.29 is 5.21 Å². The molecular weight excluding hydrogens is 262 g/mol. The van der Waals surface area contributed by atoms with Crippen LogP contribution in [0.5, 0.6) is 0 Å². The Morgan fingerprint density at radius 3 is 2.79 bits per heavy atom. The lowest BCUT2D eigenvalue weighted by Crippen LogP contribution is -2.17. The Morgan fingerprint density at radius 1 is 1.47 bits per heavy atom. The molecule has 6 nitrogen and oxygen atoms in total. The van der Waals surface area contributed by atoms with Crippen molar-refractivity contribution in [1.82, 2.24) is 14.8 Å². The maximum absolute atomic E-state index is 8.89. The number of hydrogen-bond acceptors (Lipinski definition) is 5. The third kappa shape index (κ3) is 2.87. The first-order chi connectivity index (χ1) is 9.01. The van der Waals surface area contributed by atoms with Crippen LogP contribution in [0.4, 0.5) is 0 Å². The van der Waals surface area contributed by atoms with Crippen molar-refractivity contribution in [3.05, 3.63) is 35.3 Å². The summed E-state index contributed by atoms with van der Waals surface area (Å²) in [5.41, 5.74) is 8.20. The SMILES string of the molecule is Cc1cc(C)c(/C(N)=N/O)c(Sc2cnn(C)c2)n1. The molecule has 2 aromatic heterocycles. The monoisotopic (exact) mass is 277 g/mol. The number of pyridine rings is 1. The summed E-state index contributed by atoms with van der Waals surface area (Å²) >= 11 is 1.44. The lowest BCUT2D eigenvalue weighted by atomic mass is 10.1. The first kappa shape index (κ1) is 13.4. The summed E-state index contributed by atoms with van der Waals surface area (Å²) in [7, 11) is 1.85. The summed E-state index contributed by atoms with van der Waals surface area (Å²) in [5.74, 6) is 0.0661. The summed E-state index contributed by atoms with van der Waals surface area (Å²) in [6.45, 7) is 3.83. The molecule has 0 amide bonds. The van der Waals surface area contributed by atoms with Gasteiger partial charge in [-0.25, -0.2) is 4.98 Å². The number of amidine groups is 1. The molecule has 19 heavy (non-hydrogen) atoms. The lowest BCUT2D eigenvalue weighted by Gasteiger charge is -2.10. The number of nitrogens with two attached hydrogens (primary N) is 1. The summed E-state index contributed by atoms with van der Waals surface area (Å²) < 4.78 is 1.72. The number of hydrogen-bond donors (Lipinski definition) is 2. The Bertz CT molecular complexity index is 635. The fourth-order valence-electron chi connectivity index (χ4n) is 1.80. The maximum Gasteiger partial charge on any atom is 0.173 e. The van der Waals surface area contributed by atoms with E-state index in [1.165, 1.54) is 11.8 Å². The molecule has 3 N–H and O–H groups in total. The van der Waals surface area contributed by atoms with Gasteiger partial charge in [0.2, 0.25) is 0 Å². The van der Waals surface area contributed by atoms with Gasteiger partial charge in [-0.3, -0.25) is 4.68 Å². The van der Waals surface area contributed by atoms with Crippen LogP contribution in [0.2, 0.25) is 0 Å². The zero-order valence-corrected chi connectivity index (χ0v) is 11.8. The minimum Gasteiger partial charge on any atom is -0.409 e. The summed E-state index contributed by atoms with van der Waals surface area (Å²) in [5, 5.41) is 16.8. The van der Waals surface area contributed by atoms with Gasteiger partial charge in [-0.2, -0.15) is 5.10 Å². The van der Waals surface area contributed by atoms with Gasteiger partial charge in [-0.1, -0.05) is 16.9 Å². The van der Waals surface area contributed by atoms with E-state index in [1.807, 2.05) is 33.2 Å². The van der Waals surface area contributed by atoms with E-state index in [0.717, 1.165) is 16.2 Å². The molecule has 0 saturated carbocycles. The molecule has 0 aromatic carbocycles. The summed E-state index contributed by atoms with van der Waals surface area (Å²) in [6.07, 6.45) is 3.64. The number of rotatable bonds is 3. The average Bonchev–Trinajstić information content (AvgIpc) is 2.73. The van der Waals surface area contributed by atoms with Gasteiger partial charge in [0.05, 0.1) is 16.7 Å². The third-order valence-electron chi connectivity index (χ3n) is 2.57. The first-order valence-corrected chi connectivity index (χ1v) is 6.45. The molecule has 0 fully saturated rings. The Labute approximate surface area is 115 Å². The van der Waals surface area contributed by atoms with Crippen LogP contribution >= 0.6 is 11.8 Å². The number of aromatic nitrogens is 3. The van der Waals surface area contributed by atoms with Gasteiger partial charge in [0, 0.05) is 18.9 Å². The van der Waals surface area contributed by atoms with Crippen LogP contribution in [0.15, 0.2) is 33.5 Å². The molecule has 0 saturated heterocycles. The van der Waals surface area contributed by atoms with E-state index < -0.39 is 0 Å². The zero-order chi connectivity index (χ0) is 14.0. The predicted molar refractivity (Wildman–Crippen MR) is 73.6 cm³/mol. The van der Waals surface area contributed by atoms with Gasteiger partial charge in [0.25, 0.3) is 0 Å². The molecule has 0 aliphatic carbocycles. The van der Waals surface area contributed by atoms with E-state index in [1.54, 1.807) is 10.9 Å². The Hall–Kier alpha value is -2.02. The number of nitrogens with zero attached hydrogens (tertiary/aromatic N) is 4. The minimum absolute atomic E-state index is 0.0661. The highest BCUT2D eigenvalue weighted by atomic mass is 32.2. The smallest absolute Gasteiger partial charge is 0.173 e. The van der Waals surface area contributed by atoms with Crippen LogP contribution in [0, 0.1) is 13.8 Å². The van der Waals surface area contributed by atoms with Crippen LogP contribution in [0.1, 0.15) is 16.8 Å². The second-order valence-electron chi connectivity index (χ2n) is 4.20. The number of oxime groups is 1. The highest BCUT2D eigenvalue weighted by Gasteiger charge is 2.15. The van der Waals surface area contributed by atoms with Crippen molar-refractivity contribution in [1.29, 1.82) is 0 Å². The minimum atomic E-state index is 0.0661. The standard InChI is InChI=1S/C12H15N5OS/c1-7-4-8(2)15-12(10(7)11(13)16-18)19-9-5-14-17(3)6-9/h4-6,18H,1-3H3,(H2,13,16). The molecule has 0 atom stereocenters. The van der Waals surface area contributed by atoms with Gasteiger partial charge >= 0.3 is 0 Å². The first-order valence-electron chi connectivity index (χ1n) is 5.64. The molecule has 0 aliphatic rings. The Balaban J connectivity index is 2.48. The summed E-state index contributed by atoms with van der Waals surface area (Å²) in [4.78, 5) is 5.41. The van der Waals surface area contributed by atoms with Crippen molar-refractivity contribution in [2.75, 3.05) is 0 Å². The van der Waals surface area contributed by atoms with Gasteiger partial charge in [-0.15, -0.1) is 0 Å². The van der Waals surface area contributed by atoms with Crippen molar-refractivity contribution >= 4 is 17.6 Å². The fraction of sp³-hybridized carbons (Fsp3) is 0.250. The third-order valence-corrected chi connectivity index (χ3v) is 3.51. The molecule has 2 rings (SSSR count). The molecule has 0 aliphatic heterocycles. The van der Waals surface area contributed by atoms with Crippen molar-refractivity contribution in [3.63, 3.8) is 0 Å². The van der Waals surface area contributed by atoms with Crippen molar-refractivity contribution in [2.24, 2.45) is 17.9 Å². The lowest BCUT2D eigenvalue weighted by molar-refractivity contribution is 0.318. The molecule has 0 radical (unpaired) electrons. The second-order valence-corrected chi connectivity index (χ2v) is 5.26. The topological polar surface area (TPSA) is 89.3 Å². The summed E-state index contributed by atoms with van der Waals surface area (Å²) in [6, 6.07) is 1.90. The highest BCUT2D eigenvalue weighted by Crippen LogP contribution is 2.30. The Kier molecular flexibility index (Phi) is 3.75. The number of aryl methyl sites for hydroxylation is 3. The fourth-order valence-corrected chi connectivity index (χ4v) is 2.89. The van der Waals surface area contributed by atoms with E-state index >= 15 is 0 Å². The van der Waals surface area contributed by atoms with Crippen molar-refractivity contribution in [3.8, 4) is 0 Å². The second kappa shape index (κ2) is 5.31. The van der Waals surface area contributed by atoms with E-state index in [2.05, 4.69) is 15.2 Å². The molecule has 100 valence electrons. The van der Waals surface area contributed by atoms with Crippen LogP contribution in [-0.2, 0) is 7.05 Å². The van der Waals surface area contributed by atoms with Crippen LogP contribution in [-0.4, -0.2) is 25.8 Å². The molecule has 0 bridgehead atoms. The molecule has 2 heterocycles. The normalized spacial score (nSPS) is 11.8. The van der Waals surface area contributed by atoms with E-state index in [4.69, 9.17) is 10.9 Å². The predicted octanol–water partition coefficient (Wildman–Crippen LogP) is 1.68. The molecule has 7 heteroatoms. The molecular formula is C12H15N5OS. The Morgan fingerprint density at radius 2 is 2.21 bits per heavy atom. The van der Waals surface area contributed by atoms with Gasteiger partial charge in [0.15, 0.2) is 5.84 Å². The molecule has 0 spiro atoms. The van der Waals surface area contributed by atoms with Crippen molar-refractivity contribution in [2.45, 2.75) is 23.8 Å². The van der Waals surface area contributed by atoms with Crippen LogP contribution in [0.25, 0.3) is 0 Å². The highest BCUT2D eigenvalue weighted by molar-refractivity contribution is 7.99. The van der Waals surface area contributed by atoms with Gasteiger partial charge in [-0.05, 0) is 25.5 Å². The van der Waals surface area contributed by atoms with E-state index in [-0.39, 0.29) is 5.84 Å². The van der Waals surface area contributed by atoms with Crippen LogP contribution in [0.3, 0.4) is 0 Å².